The number of ether oxygens (including phenoxy) is 2. The van der Waals surface area contributed by atoms with Crippen molar-refractivity contribution in [1.82, 2.24) is 15.1 Å². The molecule has 0 aliphatic heterocycles. The van der Waals surface area contributed by atoms with Crippen LogP contribution in [0.2, 0.25) is 10.0 Å². The minimum atomic E-state index is -0.975. The third kappa shape index (κ3) is 8.31. The molecule has 43 heavy (non-hydrogen) atoms. The molecule has 0 amide bonds. The number of halogens is 2. The summed E-state index contributed by atoms with van der Waals surface area (Å²) in [5.41, 5.74) is 6.05. The molecule has 0 fully saturated rings. The minimum absolute atomic E-state index is 0.207. The van der Waals surface area contributed by atoms with Gasteiger partial charge in [-0.25, -0.2) is 9.48 Å². The number of unbranched alkanes of at least 4 members (excludes halogenated alkanes) is 1. The molecule has 4 aromatic rings. The van der Waals surface area contributed by atoms with Crippen molar-refractivity contribution in [3.8, 4) is 17.2 Å². The fourth-order valence-electron chi connectivity index (χ4n) is 4.81. The molecule has 0 saturated carbocycles. The molecule has 0 aliphatic carbocycles. The third-order valence-electron chi connectivity index (χ3n) is 7.30. The van der Waals surface area contributed by atoms with Crippen LogP contribution in [0.25, 0.3) is 5.69 Å². The lowest BCUT2D eigenvalue weighted by Gasteiger charge is -2.16. The number of para-hydroxylation sites is 1. The molecule has 228 valence electrons. The number of carbonyl (C=O) groups is 1. The standard InChI is InChI=1S/C34H39Cl2N3O4/c1-5-6-16-42-32-13-10-24(18-27(32)34(40)41)14-15-37-19-25-11-12-26(17-23(25)4)43-21-31-28(22(2)3)20-38-39(31)33-29(35)8-7-9-30(33)36/h7-13,17-18,20,22,37H,5-6,14-16,19,21H2,1-4H3,(H,40,41). The van der Waals surface area contributed by atoms with E-state index in [1.54, 1.807) is 28.9 Å². The zero-order valence-corrected chi connectivity index (χ0v) is 26.6. The number of aromatic nitrogens is 2. The number of carboxylic acid groups (broad SMARTS) is 1. The summed E-state index contributed by atoms with van der Waals surface area (Å²) < 4.78 is 13.7. The van der Waals surface area contributed by atoms with Gasteiger partial charge < -0.3 is 19.9 Å². The zero-order valence-electron chi connectivity index (χ0n) is 25.1. The zero-order chi connectivity index (χ0) is 30.9. The summed E-state index contributed by atoms with van der Waals surface area (Å²) in [6.45, 7) is 10.6. The Hall–Kier alpha value is -3.52. The van der Waals surface area contributed by atoms with Gasteiger partial charge in [-0.15, -0.1) is 0 Å². The van der Waals surface area contributed by atoms with Gasteiger partial charge in [0.2, 0.25) is 0 Å². The van der Waals surface area contributed by atoms with E-state index in [9.17, 15) is 9.90 Å². The number of benzene rings is 3. The number of nitrogens with one attached hydrogen (secondary N) is 1. The Kier molecular flexibility index (Phi) is 11.5. The van der Waals surface area contributed by atoms with E-state index in [2.05, 4.69) is 44.2 Å². The van der Waals surface area contributed by atoms with Gasteiger partial charge in [0.25, 0.3) is 0 Å². The molecule has 9 heteroatoms. The first kappa shape index (κ1) is 32.4. The Morgan fingerprint density at radius 2 is 1.84 bits per heavy atom. The Balaban J connectivity index is 1.36. The minimum Gasteiger partial charge on any atom is -0.493 e. The number of rotatable bonds is 15. The SMILES string of the molecule is CCCCOc1ccc(CCNCc2ccc(OCc3c(C(C)C)cnn3-c3c(Cl)cccc3Cl)cc2C)cc1C(=O)O. The van der Waals surface area contributed by atoms with Crippen LogP contribution >= 0.6 is 23.2 Å². The normalized spacial score (nSPS) is 11.2. The molecule has 3 aromatic carbocycles. The highest BCUT2D eigenvalue weighted by Crippen LogP contribution is 2.32. The van der Waals surface area contributed by atoms with E-state index in [0.29, 0.717) is 54.2 Å². The predicted molar refractivity (Wildman–Crippen MR) is 172 cm³/mol. The maximum atomic E-state index is 11.7. The molecule has 0 spiro atoms. The van der Waals surface area contributed by atoms with Crippen LogP contribution in [0.1, 0.15) is 77.8 Å². The highest BCUT2D eigenvalue weighted by molar-refractivity contribution is 6.37. The fraction of sp³-hybridized carbons (Fsp3) is 0.353. The third-order valence-corrected chi connectivity index (χ3v) is 7.91. The number of aryl methyl sites for hydroxylation is 1. The number of hydrogen-bond donors (Lipinski definition) is 2. The van der Waals surface area contributed by atoms with Gasteiger partial charge in [-0.3, -0.25) is 0 Å². The first-order valence-electron chi connectivity index (χ1n) is 14.6. The molecule has 2 N–H and O–H groups in total. The Morgan fingerprint density at radius 1 is 1.07 bits per heavy atom. The molecule has 0 saturated heterocycles. The number of aromatic carboxylic acids is 1. The van der Waals surface area contributed by atoms with Crippen molar-refractivity contribution in [2.45, 2.75) is 66.0 Å². The van der Waals surface area contributed by atoms with Crippen LogP contribution < -0.4 is 14.8 Å². The largest absolute Gasteiger partial charge is 0.493 e. The monoisotopic (exact) mass is 623 g/mol. The van der Waals surface area contributed by atoms with E-state index in [1.807, 2.05) is 30.5 Å². The van der Waals surface area contributed by atoms with Crippen LogP contribution in [0.4, 0.5) is 0 Å². The lowest BCUT2D eigenvalue weighted by atomic mass is 10.0. The van der Waals surface area contributed by atoms with Crippen LogP contribution in [0, 0.1) is 6.92 Å². The molecule has 0 bridgehead atoms. The summed E-state index contributed by atoms with van der Waals surface area (Å²) in [6.07, 6.45) is 4.44. The van der Waals surface area contributed by atoms with Crippen molar-refractivity contribution in [2.75, 3.05) is 13.2 Å². The van der Waals surface area contributed by atoms with Crippen LogP contribution in [-0.2, 0) is 19.6 Å². The fourth-order valence-corrected chi connectivity index (χ4v) is 5.37. The number of carboxylic acids is 1. The van der Waals surface area contributed by atoms with Crippen LogP contribution in [0.3, 0.4) is 0 Å². The topological polar surface area (TPSA) is 85.6 Å². The summed E-state index contributed by atoms with van der Waals surface area (Å²) in [5.74, 6) is 0.456. The van der Waals surface area contributed by atoms with Crippen LogP contribution in [0.5, 0.6) is 11.5 Å². The predicted octanol–water partition coefficient (Wildman–Crippen LogP) is 8.40. The van der Waals surface area contributed by atoms with Crippen LogP contribution in [-0.4, -0.2) is 34.0 Å². The first-order valence-corrected chi connectivity index (χ1v) is 15.4. The molecule has 1 heterocycles. The van der Waals surface area contributed by atoms with E-state index in [1.165, 1.54) is 0 Å². The van der Waals surface area contributed by atoms with E-state index < -0.39 is 5.97 Å². The van der Waals surface area contributed by atoms with Gasteiger partial charge in [-0.2, -0.15) is 5.10 Å². The van der Waals surface area contributed by atoms with E-state index >= 15 is 0 Å². The molecule has 1 aromatic heterocycles. The van der Waals surface area contributed by atoms with Gasteiger partial charge in [0, 0.05) is 6.54 Å². The Bertz CT molecular complexity index is 1530. The van der Waals surface area contributed by atoms with E-state index in [4.69, 9.17) is 32.7 Å². The van der Waals surface area contributed by atoms with Crippen molar-refractivity contribution in [3.05, 3.63) is 104 Å². The quantitative estimate of drug-likeness (QED) is 0.129. The molecule has 0 radical (unpaired) electrons. The average molecular weight is 625 g/mol. The van der Waals surface area contributed by atoms with Crippen LogP contribution in [0.15, 0.2) is 60.8 Å². The molecular weight excluding hydrogens is 585 g/mol. The molecule has 7 nitrogen and oxygen atoms in total. The van der Waals surface area contributed by atoms with Gasteiger partial charge in [0.15, 0.2) is 0 Å². The average Bonchev–Trinajstić information content (AvgIpc) is 3.39. The highest BCUT2D eigenvalue weighted by atomic mass is 35.5. The molecular formula is C34H39Cl2N3O4. The number of hydrogen-bond acceptors (Lipinski definition) is 5. The second-order valence-electron chi connectivity index (χ2n) is 10.8. The summed E-state index contributed by atoms with van der Waals surface area (Å²) in [4.78, 5) is 11.7. The van der Waals surface area contributed by atoms with Crippen molar-refractivity contribution < 1.29 is 19.4 Å². The van der Waals surface area contributed by atoms with Gasteiger partial charge >= 0.3 is 5.97 Å². The molecule has 0 unspecified atom stereocenters. The van der Waals surface area contributed by atoms with Crippen molar-refractivity contribution in [1.29, 1.82) is 0 Å². The van der Waals surface area contributed by atoms with Gasteiger partial charge in [-0.1, -0.05) is 68.6 Å². The van der Waals surface area contributed by atoms with Crippen molar-refractivity contribution >= 4 is 29.2 Å². The second-order valence-corrected chi connectivity index (χ2v) is 11.6. The van der Waals surface area contributed by atoms with Gasteiger partial charge in [0.1, 0.15) is 29.4 Å². The van der Waals surface area contributed by atoms with Crippen molar-refractivity contribution in [3.63, 3.8) is 0 Å². The van der Waals surface area contributed by atoms with Gasteiger partial charge in [0.05, 0.1) is 28.5 Å². The maximum absolute atomic E-state index is 11.7. The second kappa shape index (κ2) is 15.3. The first-order chi connectivity index (χ1) is 20.7. The Morgan fingerprint density at radius 3 is 2.51 bits per heavy atom. The summed E-state index contributed by atoms with van der Waals surface area (Å²) in [5, 5.41) is 18.7. The smallest absolute Gasteiger partial charge is 0.339 e. The number of nitrogens with zero attached hydrogens (tertiary/aromatic N) is 2. The lowest BCUT2D eigenvalue weighted by Crippen LogP contribution is -2.17. The Labute approximate surface area is 263 Å². The van der Waals surface area contributed by atoms with E-state index in [-0.39, 0.29) is 11.5 Å². The van der Waals surface area contributed by atoms with Crippen molar-refractivity contribution in [2.24, 2.45) is 0 Å². The maximum Gasteiger partial charge on any atom is 0.339 e. The van der Waals surface area contributed by atoms with Gasteiger partial charge in [-0.05, 0) is 90.9 Å². The molecule has 0 aliphatic rings. The molecule has 4 rings (SSSR count). The van der Waals surface area contributed by atoms with E-state index in [0.717, 1.165) is 46.5 Å². The summed E-state index contributed by atoms with van der Waals surface area (Å²) >= 11 is 13.0. The summed E-state index contributed by atoms with van der Waals surface area (Å²) in [7, 11) is 0. The lowest BCUT2D eigenvalue weighted by molar-refractivity contribution is 0.0692. The summed E-state index contributed by atoms with van der Waals surface area (Å²) in [6, 6.07) is 16.9. The molecule has 0 atom stereocenters. The highest BCUT2D eigenvalue weighted by Gasteiger charge is 2.19.